The van der Waals surface area contributed by atoms with Crippen LogP contribution in [0.25, 0.3) is 0 Å². The molecule has 0 aromatic heterocycles. The lowest BCUT2D eigenvalue weighted by Crippen LogP contribution is -2.46. The third-order valence-electron chi connectivity index (χ3n) is 4.03. The predicted octanol–water partition coefficient (Wildman–Crippen LogP) is 1.76. The van der Waals surface area contributed by atoms with Gasteiger partial charge in [-0.3, -0.25) is 4.90 Å². The Labute approximate surface area is 102 Å². The van der Waals surface area contributed by atoms with Crippen LogP contribution in [-0.2, 0) is 5.41 Å². The van der Waals surface area contributed by atoms with Gasteiger partial charge in [-0.25, -0.2) is 4.39 Å². The van der Waals surface area contributed by atoms with Crippen molar-refractivity contribution in [3.05, 3.63) is 35.6 Å². The van der Waals surface area contributed by atoms with Crippen molar-refractivity contribution in [1.29, 1.82) is 0 Å². The summed E-state index contributed by atoms with van der Waals surface area (Å²) in [6.45, 7) is 5.34. The van der Waals surface area contributed by atoms with Crippen molar-refractivity contribution >= 4 is 0 Å². The molecule has 1 saturated heterocycles. The predicted molar refractivity (Wildman–Crippen MR) is 66.6 cm³/mol. The third-order valence-corrected chi connectivity index (χ3v) is 4.03. The first-order valence-electron chi connectivity index (χ1n) is 6.48. The minimum Gasteiger partial charge on any atom is -0.314 e. The fraction of sp³-hybridized carbons (Fsp3) is 0.571. The van der Waals surface area contributed by atoms with Gasteiger partial charge in [-0.1, -0.05) is 18.2 Å². The minimum absolute atomic E-state index is 0.0277. The highest BCUT2D eigenvalue weighted by Gasteiger charge is 2.46. The van der Waals surface area contributed by atoms with Crippen molar-refractivity contribution in [2.24, 2.45) is 0 Å². The smallest absolute Gasteiger partial charge is 0.127 e. The number of nitrogens with zero attached hydrogens (tertiary/aromatic N) is 1. The van der Waals surface area contributed by atoms with E-state index in [1.807, 2.05) is 12.1 Å². The van der Waals surface area contributed by atoms with Crippen LogP contribution in [0.3, 0.4) is 0 Å². The number of piperazine rings is 1. The highest BCUT2D eigenvalue weighted by atomic mass is 19.1. The topological polar surface area (TPSA) is 15.3 Å². The van der Waals surface area contributed by atoms with Gasteiger partial charge in [0.05, 0.1) is 0 Å². The Bertz CT molecular complexity index is 395. The van der Waals surface area contributed by atoms with Crippen molar-refractivity contribution in [3.8, 4) is 0 Å². The Balaban J connectivity index is 1.75. The summed E-state index contributed by atoms with van der Waals surface area (Å²) >= 11 is 0. The number of nitrogens with one attached hydrogen (secondary N) is 1. The fourth-order valence-electron chi connectivity index (χ4n) is 2.85. The molecule has 3 rings (SSSR count). The lowest BCUT2D eigenvalue weighted by Gasteiger charge is -2.31. The molecule has 1 saturated carbocycles. The number of hydrogen-bond donors (Lipinski definition) is 1. The molecule has 0 unspecified atom stereocenters. The van der Waals surface area contributed by atoms with Gasteiger partial charge >= 0.3 is 0 Å². The first-order valence-corrected chi connectivity index (χ1v) is 6.48. The van der Waals surface area contributed by atoms with E-state index in [2.05, 4.69) is 10.2 Å². The highest BCUT2D eigenvalue weighted by Crippen LogP contribution is 2.49. The van der Waals surface area contributed by atoms with Gasteiger partial charge in [0.15, 0.2) is 0 Å². The molecular formula is C14H19FN2. The molecule has 1 aromatic rings. The van der Waals surface area contributed by atoms with Crippen molar-refractivity contribution in [1.82, 2.24) is 10.2 Å². The zero-order valence-electron chi connectivity index (χ0n) is 10.1. The summed E-state index contributed by atoms with van der Waals surface area (Å²) in [6, 6.07) is 7.29. The molecule has 3 heteroatoms. The molecule has 1 N–H and O–H groups in total. The second-order valence-corrected chi connectivity index (χ2v) is 5.29. The maximum atomic E-state index is 13.8. The van der Waals surface area contributed by atoms with Gasteiger partial charge in [-0.2, -0.15) is 0 Å². The van der Waals surface area contributed by atoms with E-state index in [-0.39, 0.29) is 11.2 Å². The van der Waals surface area contributed by atoms with Crippen LogP contribution in [0.2, 0.25) is 0 Å². The van der Waals surface area contributed by atoms with Gasteiger partial charge in [0.25, 0.3) is 0 Å². The average Bonchev–Trinajstić information content (AvgIpc) is 3.12. The van der Waals surface area contributed by atoms with Crippen LogP contribution < -0.4 is 5.32 Å². The largest absolute Gasteiger partial charge is 0.314 e. The molecule has 1 aliphatic carbocycles. The summed E-state index contributed by atoms with van der Waals surface area (Å²) in [4.78, 5) is 2.47. The number of benzene rings is 1. The maximum absolute atomic E-state index is 13.8. The molecule has 0 bridgehead atoms. The molecule has 0 amide bonds. The Kier molecular flexibility index (Phi) is 2.89. The summed E-state index contributed by atoms with van der Waals surface area (Å²) in [5.74, 6) is -0.0277. The van der Waals surface area contributed by atoms with Gasteiger partial charge in [0, 0.05) is 38.1 Å². The maximum Gasteiger partial charge on any atom is 0.127 e. The Morgan fingerprint density at radius 1 is 1.18 bits per heavy atom. The second-order valence-electron chi connectivity index (χ2n) is 5.29. The SMILES string of the molecule is Fc1ccccc1C1(CN2CCNCC2)CC1. The molecule has 1 aliphatic heterocycles. The highest BCUT2D eigenvalue weighted by molar-refractivity contribution is 5.33. The second kappa shape index (κ2) is 4.39. The molecule has 2 aliphatic rings. The molecule has 92 valence electrons. The van der Waals surface area contributed by atoms with Crippen molar-refractivity contribution in [3.63, 3.8) is 0 Å². The van der Waals surface area contributed by atoms with Crippen LogP contribution in [0.15, 0.2) is 24.3 Å². The Hall–Kier alpha value is -0.930. The van der Waals surface area contributed by atoms with Crippen molar-refractivity contribution < 1.29 is 4.39 Å². The van der Waals surface area contributed by atoms with E-state index in [9.17, 15) is 4.39 Å². The lowest BCUT2D eigenvalue weighted by atomic mass is 9.94. The molecule has 0 spiro atoms. The number of hydrogen-bond acceptors (Lipinski definition) is 2. The first-order chi connectivity index (χ1) is 8.30. The van der Waals surface area contributed by atoms with Crippen LogP contribution in [0, 0.1) is 5.82 Å². The fourth-order valence-corrected chi connectivity index (χ4v) is 2.85. The van der Waals surface area contributed by atoms with Gasteiger partial charge in [0.2, 0.25) is 0 Å². The van der Waals surface area contributed by atoms with E-state index in [0.717, 1.165) is 51.1 Å². The zero-order chi connectivity index (χ0) is 11.7. The van der Waals surface area contributed by atoms with Gasteiger partial charge < -0.3 is 5.32 Å². The van der Waals surface area contributed by atoms with Crippen LogP contribution in [0.4, 0.5) is 4.39 Å². The van der Waals surface area contributed by atoms with Gasteiger partial charge in [0.1, 0.15) is 5.82 Å². The summed E-state index contributed by atoms with van der Waals surface area (Å²) in [5.41, 5.74) is 1.04. The van der Waals surface area contributed by atoms with Crippen LogP contribution in [-0.4, -0.2) is 37.6 Å². The molecule has 0 atom stereocenters. The Morgan fingerprint density at radius 3 is 2.53 bits per heavy atom. The molecule has 1 heterocycles. The van der Waals surface area contributed by atoms with Gasteiger partial charge in [-0.05, 0) is 24.5 Å². The quantitative estimate of drug-likeness (QED) is 0.857. The summed E-state index contributed by atoms with van der Waals surface area (Å²) in [7, 11) is 0. The molecule has 1 aromatic carbocycles. The number of halogens is 1. The van der Waals surface area contributed by atoms with Crippen LogP contribution in [0.1, 0.15) is 18.4 Å². The molecule has 17 heavy (non-hydrogen) atoms. The normalized spacial score (nSPS) is 23.6. The van der Waals surface area contributed by atoms with Crippen molar-refractivity contribution in [2.75, 3.05) is 32.7 Å². The lowest BCUT2D eigenvalue weighted by molar-refractivity contribution is 0.219. The monoisotopic (exact) mass is 234 g/mol. The van der Waals surface area contributed by atoms with Crippen molar-refractivity contribution in [2.45, 2.75) is 18.3 Å². The van der Waals surface area contributed by atoms with Gasteiger partial charge in [-0.15, -0.1) is 0 Å². The van der Waals surface area contributed by atoms with E-state index < -0.39 is 0 Å². The van der Waals surface area contributed by atoms with E-state index in [0.29, 0.717) is 0 Å². The molecule has 0 radical (unpaired) electrons. The van der Waals surface area contributed by atoms with E-state index in [1.54, 1.807) is 12.1 Å². The molecular weight excluding hydrogens is 215 g/mol. The summed E-state index contributed by atoms with van der Waals surface area (Å²) in [6.07, 6.45) is 2.27. The average molecular weight is 234 g/mol. The Morgan fingerprint density at radius 2 is 1.88 bits per heavy atom. The molecule has 2 fully saturated rings. The summed E-state index contributed by atoms with van der Waals surface area (Å²) in [5, 5.41) is 3.36. The van der Waals surface area contributed by atoms with E-state index >= 15 is 0 Å². The number of rotatable bonds is 3. The van der Waals surface area contributed by atoms with E-state index in [4.69, 9.17) is 0 Å². The summed E-state index contributed by atoms with van der Waals surface area (Å²) < 4.78 is 13.8. The third kappa shape index (κ3) is 2.22. The van der Waals surface area contributed by atoms with E-state index in [1.165, 1.54) is 0 Å². The zero-order valence-corrected chi connectivity index (χ0v) is 10.1. The van der Waals surface area contributed by atoms with Crippen LogP contribution in [0.5, 0.6) is 0 Å². The van der Waals surface area contributed by atoms with Crippen LogP contribution >= 0.6 is 0 Å². The minimum atomic E-state index is -0.0277. The standard InChI is InChI=1S/C14H19FN2/c15-13-4-2-1-3-12(13)14(5-6-14)11-17-9-7-16-8-10-17/h1-4,16H,5-11H2. The molecule has 2 nitrogen and oxygen atoms in total. The first kappa shape index (κ1) is 11.2.